The minimum atomic E-state index is -0.474. The summed E-state index contributed by atoms with van der Waals surface area (Å²) in [7, 11) is 0. The molecule has 0 radical (unpaired) electrons. The van der Waals surface area contributed by atoms with Crippen molar-refractivity contribution in [2.24, 2.45) is 0 Å². The molecule has 1 amide bonds. The molecule has 0 saturated heterocycles. The van der Waals surface area contributed by atoms with Crippen molar-refractivity contribution in [1.29, 1.82) is 0 Å². The molecule has 0 saturated carbocycles. The minimum absolute atomic E-state index is 0.0543. The molecular weight excluding hydrogens is 358 g/mol. The summed E-state index contributed by atoms with van der Waals surface area (Å²) in [4.78, 5) is 26.4. The van der Waals surface area contributed by atoms with Gasteiger partial charge >= 0.3 is 0 Å². The van der Waals surface area contributed by atoms with Crippen LogP contribution in [0.25, 0.3) is 17.4 Å². The number of hydrogen-bond donors (Lipinski definition) is 1. The highest BCUT2D eigenvalue weighted by molar-refractivity contribution is 6.32. The van der Waals surface area contributed by atoms with Crippen LogP contribution in [-0.2, 0) is 4.79 Å². The lowest BCUT2D eigenvalue weighted by Gasteiger charge is -2.02. The number of nitrogens with one attached hydrogen (secondary N) is 1. The molecule has 3 aromatic rings. The monoisotopic (exact) mass is 369 g/mol. The highest BCUT2D eigenvalue weighted by Crippen LogP contribution is 2.31. The zero-order valence-electron chi connectivity index (χ0n) is 13.3. The maximum atomic E-state index is 11.9. The molecule has 26 heavy (non-hydrogen) atoms. The van der Waals surface area contributed by atoms with E-state index in [0.29, 0.717) is 22.8 Å². The second kappa shape index (κ2) is 7.62. The summed E-state index contributed by atoms with van der Waals surface area (Å²) in [5.74, 6) is 0.307. The number of carbonyl (C=O) groups is 1. The highest BCUT2D eigenvalue weighted by atomic mass is 35.5. The topological polar surface area (TPSA) is 98.3 Å². The van der Waals surface area contributed by atoms with Gasteiger partial charge in [-0.25, -0.2) is 4.98 Å². The summed E-state index contributed by atoms with van der Waals surface area (Å²) in [5, 5.41) is 13.9. The number of pyridine rings is 1. The van der Waals surface area contributed by atoms with Crippen LogP contribution in [0.5, 0.6) is 0 Å². The van der Waals surface area contributed by atoms with Crippen molar-refractivity contribution >= 4 is 35.0 Å². The lowest BCUT2D eigenvalue weighted by atomic mass is 10.1. The fraction of sp³-hybridized carbons (Fsp3) is 0. The van der Waals surface area contributed by atoms with Crippen LogP contribution in [0.1, 0.15) is 5.76 Å². The van der Waals surface area contributed by atoms with Gasteiger partial charge in [0.05, 0.1) is 16.2 Å². The Labute approximate surface area is 153 Å². The standard InChI is InChI=1S/C18H12ClN3O4/c19-18-14(5-3-11-20-18)21-17(23)10-8-12-7-9-16(26-12)13-4-1-2-6-15(13)22(24)25/h1-11H,(H,21,23)/b10-8+. The maximum absolute atomic E-state index is 11.9. The van der Waals surface area contributed by atoms with Gasteiger partial charge in [0.2, 0.25) is 5.91 Å². The summed E-state index contributed by atoms with van der Waals surface area (Å²) in [5.41, 5.74) is 0.703. The van der Waals surface area contributed by atoms with Crippen LogP contribution in [0.2, 0.25) is 5.15 Å². The number of benzene rings is 1. The van der Waals surface area contributed by atoms with E-state index < -0.39 is 10.8 Å². The molecule has 0 aliphatic carbocycles. The molecule has 130 valence electrons. The van der Waals surface area contributed by atoms with E-state index in [9.17, 15) is 14.9 Å². The van der Waals surface area contributed by atoms with Crippen LogP contribution < -0.4 is 5.32 Å². The minimum Gasteiger partial charge on any atom is -0.456 e. The number of rotatable bonds is 5. The van der Waals surface area contributed by atoms with Gasteiger partial charge in [0.1, 0.15) is 11.5 Å². The lowest BCUT2D eigenvalue weighted by Crippen LogP contribution is -2.08. The Bertz CT molecular complexity index is 997. The Balaban J connectivity index is 1.75. The zero-order valence-corrected chi connectivity index (χ0v) is 14.0. The summed E-state index contributed by atoms with van der Waals surface area (Å²) in [6.07, 6.45) is 4.24. The first-order valence-corrected chi connectivity index (χ1v) is 7.85. The third-order valence-corrected chi connectivity index (χ3v) is 3.71. The normalized spacial score (nSPS) is 10.8. The Morgan fingerprint density at radius 1 is 1.19 bits per heavy atom. The van der Waals surface area contributed by atoms with Crippen molar-refractivity contribution in [2.45, 2.75) is 0 Å². The van der Waals surface area contributed by atoms with Crippen molar-refractivity contribution in [3.05, 3.63) is 81.8 Å². The smallest absolute Gasteiger partial charge is 0.280 e. The fourth-order valence-corrected chi connectivity index (χ4v) is 2.41. The van der Waals surface area contributed by atoms with Crippen molar-refractivity contribution in [2.75, 3.05) is 5.32 Å². The van der Waals surface area contributed by atoms with Crippen LogP contribution in [0.15, 0.2) is 65.2 Å². The third kappa shape index (κ3) is 3.96. The Morgan fingerprint density at radius 2 is 2.00 bits per heavy atom. The van der Waals surface area contributed by atoms with E-state index >= 15 is 0 Å². The van der Waals surface area contributed by atoms with Crippen LogP contribution in [0, 0.1) is 10.1 Å². The number of nitro groups is 1. The van der Waals surface area contributed by atoms with Gasteiger partial charge in [-0.05, 0) is 36.4 Å². The molecule has 8 heteroatoms. The fourth-order valence-electron chi connectivity index (χ4n) is 2.24. The molecule has 0 fully saturated rings. The van der Waals surface area contributed by atoms with Gasteiger partial charge < -0.3 is 9.73 Å². The van der Waals surface area contributed by atoms with E-state index in [2.05, 4.69) is 10.3 Å². The Hall–Kier alpha value is -3.45. The molecule has 2 heterocycles. The number of para-hydroxylation sites is 1. The van der Waals surface area contributed by atoms with Gasteiger partial charge in [-0.15, -0.1) is 0 Å². The number of anilines is 1. The van der Waals surface area contributed by atoms with E-state index in [1.807, 2.05) is 0 Å². The van der Waals surface area contributed by atoms with E-state index in [1.165, 1.54) is 24.4 Å². The van der Waals surface area contributed by atoms with E-state index in [-0.39, 0.29) is 10.8 Å². The molecule has 2 aromatic heterocycles. The number of hydrogen-bond acceptors (Lipinski definition) is 5. The lowest BCUT2D eigenvalue weighted by molar-refractivity contribution is -0.384. The van der Waals surface area contributed by atoms with Crippen molar-refractivity contribution in [3.8, 4) is 11.3 Å². The Kier molecular flexibility index (Phi) is 5.09. The summed E-state index contributed by atoms with van der Waals surface area (Å²) in [6.45, 7) is 0. The van der Waals surface area contributed by atoms with E-state index in [4.69, 9.17) is 16.0 Å². The van der Waals surface area contributed by atoms with Crippen molar-refractivity contribution < 1.29 is 14.1 Å². The highest BCUT2D eigenvalue weighted by Gasteiger charge is 2.16. The van der Waals surface area contributed by atoms with Gasteiger partial charge in [-0.2, -0.15) is 0 Å². The second-order valence-electron chi connectivity index (χ2n) is 5.14. The molecule has 0 spiro atoms. The molecule has 1 aromatic carbocycles. The molecule has 7 nitrogen and oxygen atoms in total. The van der Waals surface area contributed by atoms with Crippen molar-refractivity contribution in [3.63, 3.8) is 0 Å². The van der Waals surface area contributed by atoms with Crippen LogP contribution >= 0.6 is 11.6 Å². The van der Waals surface area contributed by atoms with Crippen molar-refractivity contribution in [1.82, 2.24) is 4.98 Å². The molecule has 0 aliphatic rings. The number of nitro benzene ring substituents is 1. The predicted octanol–water partition coefficient (Wildman–Crippen LogP) is 4.56. The number of carbonyl (C=O) groups excluding carboxylic acids is 1. The van der Waals surface area contributed by atoms with Gasteiger partial charge in [-0.3, -0.25) is 14.9 Å². The molecule has 0 atom stereocenters. The van der Waals surface area contributed by atoms with Gasteiger partial charge in [-0.1, -0.05) is 23.7 Å². The van der Waals surface area contributed by atoms with Crippen LogP contribution in [-0.4, -0.2) is 15.8 Å². The average molecular weight is 370 g/mol. The quantitative estimate of drug-likeness (QED) is 0.308. The molecule has 0 aliphatic heterocycles. The molecule has 0 unspecified atom stereocenters. The average Bonchev–Trinajstić information content (AvgIpc) is 3.11. The maximum Gasteiger partial charge on any atom is 0.280 e. The largest absolute Gasteiger partial charge is 0.456 e. The van der Waals surface area contributed by atoms with Gasteiger partial charge in [0.25, 0.3) is 5.69 Å². The molecule has 0 bridgehead atoms. The third-order valence-electron chi connectivity index (χ3n) is 3.41. The summed E-state index contributed by atoms with van der Waals surface area (Å²) >= 11 is 5.87. The SMILES string of the molecule is O=C(/C=C/c1ccc(-c2ccccc2[N+](=O)[O-])o1)Nc1cccnc1Cl. The first-order valence-electron chi connectivity index (χ1n) is 7.48. The van der Waals surface area contributed by atoms with Crippen LogP contribution in [0.3, 0.4) is 0 Å². The van der Waals surface area contributed by atoms with Crippen LogP contribution in [0.4, 0.5) is 11.4 Å². The Morgan fingerprint density at radius 3 is 2.77 bits per heavy atom. The van der Waals surface area contributed by atoms with E-state index in [1.54, 1.807) is 42.5 Å². The second-order valence-corrected chi connectivity index (χ2v) is 5.50. The number of amides is 1. The first-order chi connectivity index (χ1) is 12.5. The zero-order chi connectivity index (χ0) is 18.5. The molecular formula is C18H12ClN3O4. The first kappa shape index (κ1) is 17.4. The van der Waals surface area contributed by atoms with Gasteiger partial charge in [0, 0.05) is 18.3 Å². The number of nitrogens with zero attached hydrogens (tertiary/aromatic N) is 2. The summed E-state index contributed by atoms with van der Waals surface area (Å²) in [6, 6.07) is 12.8. The number of halogens is 1. The number of aromatic nitrogens is 1. The molecule has 1 N–H and O–H groups in total. The number of furan rings is 1. The summed E-state index contributed by atoms with van der Waals surface area (Å²) < 4.78 is 5.58. The van der Waals surface area contributed by atoms with Gasteiger partial charge in [0.15, 0.2) is 5.15 Å². The van der Waals surface area contributed by atoms with E-state index in [0.717, 1.165) is 0 Å². The molecule has 3 rings (SSSR count). The predicted molar refractivity (Wildman–Crippen MR) is 97.7 cm³/mol.